The Balaban J connectivity index is 2.22. The van der Waals surface area contributed by atoms with Crippen LogP contribution in [0, 0.1) is 5.92 Å². The van der Waals surface area contributed by atoms with Crippen molar-refractivity contribution in [2.75, 3.05) is 24.6 Å². The van der Waals surface area contributed by atoms with Crippen molar-refractivity contribution in [2.45, 2.75) is 39.3 Å². The van der Waals surface area contributed by atoms with Crippen molar-refractivity contribution in [3.05, 3.63) is 0 Å². The van der Waals surface area contributed by atoms with Gasteiger partial charge in [0.05, 0.1) is 0 Å². The van der Waals surface area contributed by atoms with E-state index in [0.29, 0.717) is 18.5 Å². The minimum Gasteiger partial charge on any atom is -0.444 e. The normalized spacial score (nSPS) is 22.9. The van der Waals surface area contributed by atoms with Gasteiger partial charge in [0.1, 0.15) is 5.60 Å². The van der Waals surface area contributed by atoms with Gasteiger partial charge in [-0.25, -0.2) is 4.79 Å². The number of nitrogens with one attached hydrogen (secondary N) is 2. The Bertz CT molecular complexity index is 247. The van der Waals surface area contributed by atoms with Crippen LogP contribution >= 0.6 is 11.8 Å². The first-order chi connectivity index (χ1) is 7.88. The molecule has 0 aromatic rings. The molecule has 100 valence electrons. The summed E-state index contributed by atoms with van der Waals surface area (Å²) in [6.07, 6.45) is -0.326. The zero-order valence-electron chi connectivity index (χ0n) is 11.2. The zero-order chi connectivity index (χ0) is 12.9. The van der Waals surface area contributed by atoms with Crippen LogP contribution < -0.4 is 10.6 Å². The third-order valence-electron chi connectivity index (χ3n) is 2.60. The van der Waals surface area contributed by atoms with E-state index in [1.807, 2.05) is 32.5 Å². The molecule has 2 atom stereocenters. The molecule has 2 unspecified atom stereocenters. The fourth-order valence-corrected chi connectivity index (χ4v) is 2.78. The second-order valence-corrected chi connectivity index (χ2v) is 6.65. The van der Waals surface area contributed by atoms with Gasteiger partial charge in [-0.1, -0.05) is 6.92 Å². The highest BCUT2D eigenvalue weighted by Gasteiger charge is 2.21. The molecule has 0 saturated carbocycles. The molecule has 2 N–H and O–H groups in total. The lowest BCUT2D eigenvalue weighted by molar-refractivity contribution is 0.0518. The number of rotatable bonds is 3. The second-order valence-electron chi connectivity index (χ2n) is 5.50. The lowest BCUT2D eigenvalue weighted by atomic mass is 10.0. The van der Waals surface area contributed by atoms with E-state index in [1.165, 1.54) is 5.75 Å². The highest BCUT2D eigenvalue weighted by molar-refractivity contribution is 7.99. The molecule has 5 heteroatoms. The first-order valence-corrected chi connectivity index (χ1v) is 7.32. The molecular formula is C12H24N2O2S. The molecule has 1 aliphatic rings. The van der Waals surface area contributed by atoms with E-state index in [4.69, 9.17) is 4.74 Å². The van der Waals surface area contributed by atoms with Crippen molar-refractivity contribution in [3.63, 3.8) is 0 Å². The molecule has 0 aromatic heterocycles. The Morgan fingerprint density at radius 2 is 2.29 bits per heavy atom. The summed E-state index contributed by atoms with van der Waals surface area (Å²) < 4.78 is 5.20. The average Bonchev–Trinajstić information content (AvgIpc) is 2.25. The van der Waals surface area contributed by atoms with Crippen LogP contribution in [0.5, 0.6) is 0 Å². The monoisotopic (exact) mass is 260 g/mol. The van der Waals surface area contributed by atoms with Crippen LogP contribution in [0.15, 0.2) is 0 Å². The highest BCUT2D eigenvalue weighted by Crippen LogP contribution is 2.14. The van der Waals surface area contributed by atoms with Gasteiger partial charge in [0, 0.05) is 30.6 Å². The average molecular weight is 260 g/mol. The maximum absolute atomic E-state index is 11.5. The number of amides is 1. The minimum absolute atomic E-state index is 0.326. The van der Waals surface area contributed by atoms with Crippen LogP contribution in [-0.4, -0.2) is 42.3 Å². The Hall–Kier alpha value is -0.420. The number of ether oxygens (including phenoxy) is 1. The van der Waals surface area contributed by atoms with Gasteiger partial charge < -0.3 is 15.4 Å². The quantitative estimate of drug-likeness (QED) is 0.813. The number of carbonyl (C=O) groups is 1. The Labute approximate surface area is 108 Å². The van der Waals surface area contributed by atoms with Gasteiger partial charge in [-0.15, -0.1) is 0 Å². The topological polar surface area (TPSA) is 50.4 Å². The molecule has 0 radical (unpaired) electrons. The van der Waals surface area contributed by atoms with Gasteiger partial charge in [-0.05, 0) is 26.7 Å². The van der Waals surface area contributed by atoms with Crippen molar-refractivity contribution >= 4 is 17.9 Å². The van der Waals surface area contributed by atoms with E-state index in [9.17, 15) is 4.79 Å². The Morgan fingerprint density at radius 3 is 2.82 bits per heavy atom. The SMILES string of the molecule is CC(CNC(=O)OC(C)(C)C)C1CSCCN1. The van der Waals surface area contributed by atoms with E-state index in [1.54, 1.807) is 0 Å². The van der Waals surface area contributed by atoms with Crippen molar-refractivity contribution in [3.8, 4) is 0 Å². The summed E-state index contributed by atoms with van der Waals surface area (Å²) in [6.45, 7) is 9.49. The first-order valence-electron chi connectivity index (χ1n) is 6.16. The van der Waals surface area contributed by atoms with Crippen molar-refractivity contribution in [1.82, 2.24) is 10.6 Å². The summed E-state index contributed by atoms with van der Waals surface area (Å²) in [5, 5.41) is 6.30. The summed E-state index contributed by atoms with van der Waals surface area (Å²) in [6, 6.07) is 0.490. The van der Waals surface area contributed by atoms with E-state index in [2.05, 4.69) is 17.6 Å². The molecule has 4 nitrogen and oxygen atoms in total. The molecule has 0 spiro atoms. The molecule has 1 fully saturated rings. The fourth-order valence-electron chi connectivity index (χ4n) is 1.65. The third kappa shape index (κ3) is 6.17. The molecule has 0 bridgehead atoms. The van der Waals surface area contributed by atoms with Crippen molar-refractivity contribution in [1.29, 1.82) is 0 Å². The Kier molecular flexibility index (Phi) is 5.59. The number of hydrogen-bond acceptors (Lipinski definition) is 4. The summed E-state index contributed by atoms with van der Waals surface area (Å²) in [5.41, 5.74) is -0.424. The first kappa shape index (κ1) is 14.6. The molecule has 1 amide bonds. The summed E-state index contributed by atoms with van der Waals surface area (Å²) in [7, 11) is 0. The molecule has 0 aliphatic carbocycles. The predicted molar refractivity (Wildman–Crippen MR) is 72.5 cm³/mol. The minimum atomic E-state index is -0.424. The molecule has 17 heavy (non-hydrogen) atoms. The largest absolute Gasteiger partial charge is 0.444 e. The molecule has 0 aromatic carbocycles. The van der Waals surface area contributed by atoms with Crippen LogP contribution in [0.1, 0.15) is 27.7 Å². The molecule has 1 heterocycles. The van der Waals surface area contributed by atoms with Gasteiger partial charge in [-0.3, -0.25) is 0 Å². The van der Waals surface area contributed by atoms with Crippen LogP contribution in [0.25, 0.3) is 0 Å². The van der Waals surface area contributed by atoms with E-state index in [-0.39, 0.29) is 6.09 Å². The van der Waals surface area contributed by atoms with Crippen LogP contribution in [0.4, 0.5) is 4.79 Å². The van der Waals surface area contributed by atoms with Gasteiger partial charge in [0.25, 0.3) is 0 Å². The standard InChI is InChI=1S/C12H24N2O2S/c1-9(10-8-17-6-5-13-10)7-14-11(15)16-12(2,3)4/h9-10,13H,5-8H2,1-4H3,(H,14,15). The third-order valence-corrected chi connectivity index (χ3v) is 3.69. The maximum atomic E-state index is 11.5. The van der Waals surface area contributed by atoms with Gasteiger partial charge >= 0.3 is 6.09 Å². The summed E-state index contributed by atoms with van der Waals surface area (Å²) in [4.78, 5) is 11.5. The van der Waals surface area contributed by atoms with Crippen molar-refractivity contribution in [2.24, 2.45) is 5.92 Å². The number of hydrogen-bond donors (Lipinski definition) is 2. The lowest BCUT2D eigenvalue weighted by Crippen LogP contribution is -2.46. The number of carbonyl (C=O) groups excluding carboxylic acids is 1. The van der Waals surface area contributed by atoms with Gasteiger partial charge in [-0.2, -0.15) is 11.8 Å². The van der Waals surface area contributed by atoms with E-state index < -0.39 is 5.60 Å². The molecule has 1 saturated heterocycles. The number of thioether (sulfide) groups is 1. The van der Waals surface area contributed by atoms with Crippen LogP contribution in [0.2, 0.25) is 0 Å². The number of alkyl carbamates (subject to hydrolysis) is 1. The summed E-state index contributed by atoms with van der Waals surface area (Å²) in [5.74, 6) is 2.73. The fraction of sp³-hybridized carbons (Fsp3) is 0.917. The van der Waals surface area contributed by atoms with Gasteiger partial charge in [0.15, 0.2) is 0 Å². The molecule has 1 aliphatic heterocycles. The predicted octanol–water partition coefficient (Wildman–Crippen LogP) is 1.85. The smallest absolute Gasteiger partial charge is 0.407 e. The van der Waals surface area contributed by atoms with Crippen molar-refractivity contribution < 1.29 is 9.53 Å². The maximum Gasteiger partial charge on any atom is 0.407 e. The molecule has 1 rings (SSSR count). The summed E-state index contributed by atoms with van der Waals surface area (Å²) >= 11 is 1.97. The van der Waals surface area contributed by atoms with Crippen LogP contribution in [-0.2, 0) is 4.74 Å². The molecular weight excluding hydrogens is 236 g/mol. The van der Waals surface area contributed by atoms with E-state index >= 15 is 0 Å². The zero-order valence-corrected chi connectivity index (χ0v) is 12.0. The van der Waals surface area contributed by atoms with Crippen LogP contribution in [0.3, 0.4) is 0 Å². The highest BCUT2D eigenvalue weighted by atomic mass is 32.2. The van der Waals surface area contributed by atoms with Gasteiger partial charge in [0.2, 0.25) is 0 Å². The van der Waals surface area contributed by atoms with E-state index in [0.717, 1.165) is 12.3 Å². The second kappa shape index (κ2) is 6.50. The Morgan fingerprint density at radius 1 is 1.59 bits per heavy atom. The lowest BCUT2D eigenvalue weighted by Gasteiger charge is -2.29.